The smallest absolute Gasteiger partial charge is 0.308 e. The summed E-state index contributed by atoms with van der Waals surface area (Å²) in [6, 6.07) is 0.195. The van der Waals surface area contributed by atoms with E-state index in [1.165, 1.54) is 19.3 Å². The molecule has 1 fully saturated rings. The third-order valence-corrected chi connectivity index (χ3v) is 4.48. The van der Waals surface area contributed by atoms with Gasteiger partial charge in [-0.25, -0.2) is 0 Å². The van der Waals surface area contributed by atoms with Crippen molar-refractivity contribution in [2.24, 2.45) is 11.3 Å². The van der Waals surface area contributed by atoms with E-state index in [-0.39, 0.29) is 12.0 Å². The van der Waals surface area contributed by atoms with Crippen molar-refractivity contribution < 1.29 is 9.90 Å². The summed E-state index contributed by atoms with van der Waals surface area (Å²) in [7, 11) is 0. The highest BCUT2D eigenvalue weighted by molar-refractivity contribution is 5.71. The van der Waals surface area contributed by atoms with Crippen LogP contribution in [-0.4, -0.2) is 23.7 Å². The van der Waals surface area contributed by atoms with Gasteiger partial charge in [-0.2, -0.15) is 0 Å². The topological polar surface area (TPSA) is 49.3 Å². The molecule has 0 aromatic carbocycles. The van der Waals surface area contributed by atoms with Crippen LogP contribution in [0, 0.1) is 11.3 Å². The average Bonchev–Trinajstić information content (AvgIpc) is 2.35. The fraction of sp³-hybridized carbons (Fsp3) is 0.933. The molecule has 0 amide bonds. The second-order valence-electron chi connectivity index (χ2n) is 6.41. The van der Waals surface area contributed by atoms with E-state index in [9.17, 15) is 9.90 Å². The van der Waals surface area contributed by atoms with E-state index >= 15 is 0 Å². The molecule has 0 saturated heterocycles. The standard InChI is InChI=1S/C15H29NO2/c1-4-15(2,3)10-7-11-16-13-9-6-5-8-12(13)14(17)18/h12-13,16H,4-11H2,1-3H3,(H,17,18). The molecule has 3 nitrogen and oxygen atoms in total. The SMILES string of the molecule is CCC(C)(C)CCCNC1CCCCC1C(=O)O. The lowest BCUT2D eigenvalue weighted by atomic mass is 9.83. The van der Waals surface area contributed by atoms with Crippen molar-refractivity contribution in [2.45, 2.75) is 71.8 Å². The summed E-state index contributed by atoms with van der Waals surface area (Å²) in [4.78, 5) is 11.2. The first kappa shape index (κ1) is 15.5. The molecular formula is C15H29NO2. The van der Waals surface area contributed by atoms with Crippen molar-refractivity contribution in [3.8, 4) is 0 Å². The summed E-state index contributed by atoms with van der Waals surface area (Å²) < 4.78 is 0. The Morgan fingerprint density at radius 1 is 1.33 bits per heavy atom. The van der Waals surface area contributed by atoms with Crippen molar-refractivity contribution >= 4 is 5.97 Å². The highest BCUT2D eigenvalue weighted by Crippen LogP contribution is 2.27. The summed E-state index contributed by atoms with van der Waals surface area (Å²) in [5.74, 6) is -0.793. The molecular weight excluding hydrogens is 226 g/mol. The van der Waals surface area contributed by atoms with Crippen LogP contribution in [0.1, 0.15) is 65.7 Å². The molecule has 0 heterocycles. The van der Waals surface area contributed by atoms with Gasteiger partial charge >= 0.3 is 5.97 Å². The van der Waals surface area contributed by atoms with Gasteiger partial charge in [0.25, 0.3) is 0 Å². The van der Waals surface area contributed by atoms with Crippen molar-refractivity contribution in [3.05, 3.63) is 0 Å². The number of carboxylic acid groups (broad SMARTS) is 1. The summed E-state index contributed by atoms with van der Waals surface area (Å²) in [5.41, 5.74) is 0.417. The Morgan fingerprint density at radius 3 is 2.61 bits per heavy atom. The number of carbonyl (C=O) groups is 1. The van der Waals surface area contributed by atoms with Crippen LogP contribution in [0.5, 0.6) is 0 Å². The predicted octanol–water partition coefficient (Wildman–Crippen LogP) is 3.44. The molecule has 106 valence electrons. The second kappa shape index (κ2) is 7.13. The van der Waals surface area contributed by atoms with Crippen molar-refractivity contribution in [1.29, 1.82) is 0 Å². The van der Waals surface area contributed by atoms with Gasteiger partial charge in [-0.15, -0.1) is 0 Å². The second-order valence-corrected chi connectivity index (χ2v) is 6.41. The third kappa shape index (κ3) is 4.97. The first-order valence-corrected chi connectivity index (χ1v) is 7.42. The minimum atomic E-state index is -0.624. The molecule has 18 heavy (non-hydrogen) atoms. The van der Waals surface area contributed by atoms with Gasteiger partial charge in [0.15, 0.2) is 0 Å². The normalized spacial score (nSPS) is 25.1. The lowest BCUT2D eigenvalue weighted by molar-refractivity contribution is -0.143. The van der Waals surface area contributed by atoms with E-state index in [0.717, 1.165) is 32.2 Å². The number of rotatable bonds is 7. The van der Waals surface area contributed by atoms with E-state index in [2.05, 4.69) is 26.1 Å². The first-order valence-electron chi connectivity index (χ1n) is 7.42. The summed E-state index contributed by atoms with van der Waals surface area (Å²) in [6.07, 6.45) is 7.65. The Bertz CT molecular complexity index is 263. The maximum atomic E-state index is 11.2. The summed E-state index contributed by atoms with van der Waals surface area (Å²) >= 11 is 0. The average molecular weight is 255 g/mol. The van der Waals surface area contributed by atoms with Crippen LogP contribution in [0.3, 0.4) is 0 Å². The Balaban J connectivity index is 2.27. The van der Waals surface area contributed by atoms with Gasteiger partial charge in [-0.3, -0.25) is 4.79 Å². The zero-order valence-electron chi connectivity index (χ0n) is 12.2. The Kier molecular flexibility index (Phi) is 6.13. The first-order chi connectivity index (χ1) is 8.46. The molecule has 1 aliphatic carbocycles. The molecule has 2 atom stereocenters. The number of hydrogen-bond donors (Lipinski definition) is 2. The molecule has 0 bridgehead atoms. The van der Waals surface area contributed by atoms with Crippen LogP contribution in [-0.2, 0) is 4.79 Å². The van der Waals surface area contributed by atoms with Crippen LogP contribution in [0.15, 0.2) is 0 Å². The fourth-order valence-electron chi connectivity index (χ4n) is 2.70. The molecule has 2 unspecified atom stereocenters. The maximum Gasteiger partial charge on any atom is 0.308 e. The molecule has 0 aromatic rings. The Labute approximate surface area is 111 Å². The maximum absolute atomic E-state index is 11.2. The van der Waals surface area contributed by atoms with Crippen LogP contribution in [0.4, 0.5) is 0 Å². The van der Waals surface area contributed by atoms with E-state index < -0.39 is 5.97 Å². The molecule has 2 N–H and O–H groups in total. The quantitative estimate of drug-likeness (QED) is 0.685. The Hall–Kier alpha value is -0.570. The lowest BCUT2D eigenvalue weighted by Gasteiger charge is -2.30. The van der Waals surface area contributed by atoms with Crippen molar-refractivity contribution in [1.82, 2.24) is 5.32 Å². The molecule has 1 saturated carbocycles. The molecule has 0 aliphatic heterocycles. The van der Waals surface area contributed by atoms with Crippen LogP contribution < -0.4 is 5.32 Å². The molecule has 1 aliphatic rings. The van der Waals surface area contributed by atoms with E-state index in [4.69, 9.17) is 0 Å². The number of carboxylic acids is 1. The van der Waals surface area contributed by atoms with Gasteiger partial charge in [-0.1, -0.05) is 40.0 Å². The van der Waals surface area contributed by atoms with E-state index in [0.29, 0.717) is 5.41 Å². The number of nitrogens with one attached hydrogen (secondary N) is 1. The number of aliphatic carboxylic acids is 1. The molecule has 0 aromatic heterocycles. The van der Waals surface area contributed by atoms with Crippen molar-refractivity contribution in [3.63, 3.8) is 0 Å². The summed E-state index contributed by atoms with van der Waals surface area (Å²) in [5, 5.41) is 12.7. The zero-order valence-corrected chi connectivity index (χ0v) is 12.2. The highest BCUT2D eigenvalue weighted by atomic mass is 16.4. The molecule has 3 heteroatoms. The van der Waals surface area contributed by atoms with Gasteiger partial charge in [0.05, 0.1) is 5.92 Å². The van der Waals surface area contributed by atoms with Gasteiger partial charge < -0.3 is 10.4 Å². The predicted molar refractivity (Wildman–Crippen MR) is 74.7 cm³/mol. The largest absolute Gasteiger partial charge is 0.481 e. The molecule has 1 rings (SSSR count). The van der Waals surface area contributed by atoms with E-state index in [1.54, 1.807) is 0 Å². The van der Waals surface area contributed by atoms with Crippen molar-refractivity contribution in [2.75, 3.05) is 6.54 Å². The minimum Gasteiger partial charge on any atom is -0.481 e. The van der Waals surface area contributed by atoms with Gasteiger partial charge in [0.2, 0.25) is 0 Å². The van der Waals surface area contributed by atoms with Gasteiger partial charge in [-0.05, 0) is 37.6 Å². The van der Waals surface area contributed by atoms with Crippen LogP contribution >= 0.6 is 0 Å². The van der Waals surface area contributed by atoms with Crippen LogP contribution in [0.25, 0.3) is 0 Å². The fourth-order valence-corrected chi connectivity index (χ4v) is 2.70. The third-order valence-electron chi connectivity index (χ3n) is 4.48. The lowest BCUT2D eigenvalue weighted by Crippen LogP contribution is -2.42. The van der Waals surface area contributed by atoms with Gasteiger partial charge in [0.1, 0.15) is 0 Å². The zero-order chi connectivity index (χ0) is 13.6. The molecule has 0 radical (unpaired) electrons. The Morgan fingerprint density at radius 2 is 2.00 bits per heavy atom. The van der Waals surface area contributed by atoms with Crippen LogP contribution in [0.2, 0.25) is 0 Å². The van der Waals surface area contributed by atoms with E-state index in [1.807, 2.05) is 0 Å². The molecule has 0 spiro atoms. The summed E-state index contributed by atoms with van der Waals surface area (Å²) in [6.45, 7) is 7.79. The number of hydrogen-bond acceptors (Lipinski definition) is 2. The monoisotopic (exact) mass is 255 g/mol. The minimum absolute atomic E-state index is 0.169. The van der Waals surface area contributed by atoms with Gasteiger partial charge in [0, 0.05) is 6.04 Å². The highest BCUT2D eigenvalue weighted by Gasteiger charge is 2.30.